The largest absolute Gasteiger partial charge is 0.395 e. The van der Waals surface area contributed by atoms with E-state index in [1.165, 1.54) is 6.42 Å². The van der Waals surface area contributed by atoms with Gasteiger partial charge in [0.2, 0.25) is 0 Å². The van der Waals surface area contributed by atoms with Crippen LogP contribution in [0.15, 0.2) is 12.3 Å². The summed E-state index contributed by atoms with van der Waals surface area (Å²) in [4.78, 5) is 11.2. The molecule has 1 aromatic heterocycles. The van der Waals surface area contributed by atoms with Crippen LogP contribution in [0.2, 0.25) is 0 Å². The van der Waals surface area contributed by atoms with Gasteiger partial charge in [-0.15, -0.1) is 0 Å². The molecule has 0 aromatic carbocycles. The summed E-state index contributed by atoms with van der Waals surface area (Å²) in [5, 5.41) is 4.23. The normalized spacial score (nSPS) is 17.6. The first-order valence-electron chi connectivity index (χ1n) is 6.56. The molecular formula is C13H17F3N2O. The fraction of sp³-hybridized carbons (Fsp3) is 0.692. The SMILES string of the molecule is O=C(Cc1ccn(C2CCCCC2)n1)CC(F)(F)F. The molecule has 0 spiro atoms. The molecule has 0 aliphatic heterocycles. The molecule has 1 aliphatic carbocycles. The van der Waals surface area contributed by atoms with Crippen molar-refractivity contribution in [2.45, 2.75) is 57.2 Å². The summed E-state index contributed by atoms with van der Waals surface area (Å²) < 4.78 is 38.0. The Morgan fingerprint density at radius 3 is 2.63 bits per heavy atom. The highest BCUT2D eigenvalue weighted by Crippen LogP contribution is 2.27. The number of rotatable bonds is 4. The Morgan fingerprint density at radius 1 is 1.32 bits per heavy atom. The summed E-state index contributed by atoms with van der Waals surface area (Å²) in [6, 6.07) is 1.98. The minimum atomic E-state index is -4.43. The quantitative estimate of drug-likeness (QED) is 0.842. The standard InChI is InChI=1S/C13H17F3N2O/c14-13(15,16)9-12(19)8-10-6-7-18(17-10)11-4-2-1-3-5-11/h6-7,11H,1-5,8-9H2. The zero-order valence-electron chi connectivity index (χ0n) is 10.6. The van der Waals surface area contributed by atoms with Crippen LogP contribution in [0.4, 0.5) is 13.2 Å². The van der Waals surface area contributed by atoms with Gasteiger partial charge >= 0.3 is 6.18 Å². The summed E-state index contributed by atoms with van der Waals surface area (Å²) in [7, 11) is 0. The highest BCUT2D eigenvalue weighted by atomic mass is 19.4. The lowest BCUT2D eigenvalue weighted by atomic mass is 9.96. The predicted octanol–water partition coefficient (Wildman–Crippen LogP) is 3.45. The summed E-state index contributed by atoms with van der Waals surface area (Å²) in [6.45, 7) is 0. The molecule has 19 heavy (non-hydrogen) atoms. The average molecular weight is 274 g/mol. The lowest BCUT2D eigenvalue weighted by Gasteiger charge is -2.21. The molecule has 1 saturated carbocycles. The van der Waals surface area contributed by atoms with E-state index in [2.05, 4.69) is 5.10 Å². The fourth-order valence-corrected chi connectivity index (χ4v) is 2.51. The first-order valence-corrected chi connectivity index (χ1v) is 6.56. The van der Waals surface area contributed by atoms with E-state index in [-0.39, 0.29) is 6.42 Å². The Labute approximate surface area is 109 Å². The van der Waals surface area contributed by atoms with Gasteiger partial charge in [-0.3, -0.25) is 9.48 Å². The minimum Gasteiger partial charge on any atom is -0.299 e. The van der Waals surface area contributed by atoms with Crippen molar-refractivity contribution in [2.75, 3.05) is 0 Å². The molecule has 0 bridgehead atoms. The van der Waals surface area contributed by atoms with E-state index in [0.29, 0.717) is 11.7 Å². The molecule has 2 rings (SSSR count). The lowest BCUT2D eigenvalue weighted by molar-refractivity contribution is -0.151. The molecule has 0 unspecified atom stereocenters. The van der Waals surface area contributed by atoms with Gasteiger partial charge in [-0.25, -0.2) is 0 Å². The molecule has 6 heteroatoms. The van der Waals surface area contributed by atoms with E-state index < -0.39 is 18.4 Å². The lowest BCUT2D eigenvalue weighted by Crippen LogP contribution is -2.17. The van der Waals surface area contributed by atoms with Crippen LogP contribution in [-0.2, 0) is 11.2 Å². The maximum atomic E-state index is 12.1. The molecule has 0 N–H and O–H groups in total. The van der Waals surface area contributed by atoms with Gasteiger partial charge in [0.05, 0.1) is 18.2 Å². The van der Waals surface area contributed by atoms with Crippen LogP contribution >= 0.6 is 0 Å². The van der Waals surface area contributed by atoms with E-state index >= 15 is 0 Å². The van der Waals surface area contributed by atoms with Gasteiger partial charge in [-0.2, -0.15) is 18.3 Å². The molecule has 0 saturated heterocycles. The van der Waals surface area contributed by atoms with Crippen LogP contribution in [0.1, 0.15) is 50.3 Å². The third-order valence-corrected chi connectivity index (χ3v) is 3.39. The molecule has 1 aromatic rings. The fourth-order valence-electron chi connectivity index (χ4n) is 2.51. The molecule has 3 nitrogen and oxygen atoms in total. The Kier molecular flexibility index (Phi) is 4.27. The molecule has 1 aliphatic rings. The third-order valence-electron chi connectivity index (χ3n) is 3.39. The molecule has 106 valence electrons. The van der Waals surface area contributed by atoms with Crippen LogP contribution in [0.3, 0.4) is 0 Å². The molecular weight excluding hydrogens is 257 g/mol. The molecule has 1 heterocycles. The van der Waals surface area contributed by atoms with Crippen molar-refractivity contribution in [3.05, 3.63) is 18.0 Å². The summed E-state index contributed by atoms with van der Waals surface area (Å²) >= 11 is 0. The van der Waals surface area contributed by atoms with Gasteiger partial charge in [0, 0.05) is 6.20 Å². The number of Topliss-reactive ketones (excluding diaryl/α,β-unsaturated/α-hetero) is 1. The number of aromatic nitrogens is 2. The number of carbonyl (C=O) groups excluding carboxylic acids is 1. The highest BCUT2D eigenvalue weighted by molar-refractivity contribution is 5.80. The number of nitrogens with zero attached hydrogens (tertiary/aromatic N) is 2. The first-order chi connectivity index (χ1) is 8.94. The monoisotopic (exact) mass is 274 g/mol. The van der Waals surface area contributed by atoms with Crippen LogP contribution < -0.4 is 0 Å². The molecule has 0 atom stereocenters. The maximum absolute atomic E-state index is 12.1. The van der Waals surface area contributed by atoms with E-state index in [9.17, 15) is 18.0 Å². The van der Waals surface area contributed by atoms with Crippen molar-refractivity contribution in [3.63, 3.8) is 0 Å². The molecule has 0 radical (unpaired) electrons. The molecule has 0 amide bonds. The topological polar surface area (TPSA) is 34.9 Å². The van der Waals surface area contributed by atoms with Gasteiger partial charge in [-0.1, -0.05) is 19.3 Å². The second-order valence-corrected chi connectivity index (χ2v) is 5.09. The van der Waals surface area contributed by atoms with Crippen LogP contribution in [0.25, 0.3) is 0 Å². The van der Waals surface area contributed by atoms with Gasteiger partial charge in [0.15, 0.2) is 0 Å². The Bertz CT molecular complexity index is 433. The van der Waals surface area contributed by atoms with Gasteiger partial charge < -0.3 is 0 Å². The number of hydrogen-bond donors (Lipinski definition) is 0. The molecule has 1 fully saturated rings. The Morgan fingerprint density at radius 2 is 2.00 bits per heavy atom. The van der Waals surface area contributed by atoms with Crippen molar-refractivity contribution >= 4 is 5.78 Å². The number of ketones is 1. The summed E-state index contributed by atoms with van der Waals surface area (Å²) in [5.41, 5.74) is 0.430. The van der Waals surface area contributed by atoms with Crippen molar-refractivity contribution in [1.29, 1.82) is 0 Å². The van der Waals surface area contributed by atoms with E-state index in [1.54, 1.807) is 16.9 Å². The Hall–Kier alpha value is -1.33. The smallest absolute Gasteiger partial charge is 0.299 e. The van der Waals surface area contributed by atoms with Crippen molar-refractivity contribution < 1.29 is 18.0 Å². The van der Waals surface area contributed by atoms with Gasteiger partial charge in [-0.05, 0) is 18.9 Å². The van der Waals surface area contributed by atoms with E-state index in [4.69, 9.17) is 0 Å². The van der Waals surface area contributed by atoms with Crippen molar-refractivity contribution in [2.24, 2.45) is 0 Å². The second kappa shape index (κ2) is 5.75. The predicted molar refractivity (Wildman–Crippen MR) is 63.7 cm³/mol. The van der Waals surface area contributed by atoms with Crippen LogP contribution in [-0.4, -0.2) is 21.7 Å². The summed E-state index contributed by atoms with van der Waals surface area (Å²) in [6.07, 6.45) is 1.39. The van der Waals surface area contributed by atoms with Crippen molar-refractivity contribution in [3.8, 4) is 0 Å². The van der Waals surface area contributed by atoms with E-state index in [1.807, 2.05) is 0 Å². The van der Waals surface area contributed by atoms with Gasteiger partial charge in [0.1, 0.15) is 12.2 Å². The van der Waals surface area contributed by atoms with Crippen LogP contribution in [0.5, 0.6) is 0 Å². The highest BCUT2D eigenvalue weighted by Gasteiger charge is 2.31. The minimum absolute atomic E-state index is 0.237. The van der Waals surface area contributed by atoms with Crippen molar-refractivity contribution in [1.82, 2.24) is 9.78 Å². The first kappa shape index (κ1) is 14.1. The second-order valence-electron chi connectivity index (χ2n) is 5.09. The number of hydrogen-bond acceptors (Lipinski definition) is 2. The third kappa shape index (κ3) is 4.36. The Balaban J connectivity index is 1.91. The van der Waals surface area contributed by atoms with E-state index in [0.717, 1.165) is 25.7 Å². The van der Waals surface area contributed by atoms with Gasteiger partial charge in [0.25, 0.3) is 0 Å². The van der Waals surface area contributed by atoms with Crippen LogP contribution in [0, 0.1) is 0 Å². The summed E-state index contributed by atoms with van der Waals surface area (Å²) in [5.74, 6) is -0.832. The number of carbonyl (C=O) groups is 1. The average Bonchev–Trinajstić information content (AvgIpc) is 2.76. The zero-order chi connectivity index (χ0) is 13.9. The maximum Gasteiger partial charge on any atom is 0.395 e. The zero-order valence-corrected chi connectivity index (χ0v) is 10.6. The number of alkyl halides is 3. The number of halogens is 3.